The monoisotopic (exact) mass is 239 g/mol. The largest absolute Gasteiger partial charge is 0.478 e. The van der Waals surface area contributed by atoms with Crippen LogP contribution in [0.15, 0.2) is 18.2 Å². The van der Waals surface area contributed by atoms with E-state index in [-0.39, 0.29) is 5.56 Å². The van der Waals surface area contributed by atoms with E-state index in [2.05, 4.69) is 6.92 Å². The van der Waals surface area contributed by atoms with Gasteiger partial charge in [-0.1, -0.05) is 25.5 Å². The first-order chi connectivity index (χ1) is 8.06. The molecule has 0 amide bonds. The highest BCUT2D eigenvalue weighted by atomic mass is 19.1. The zero-order valence-corrected chi connectivity index (χ0v) is 10.2. The fraction of sp³-hybridized carbons (Fsp3) is 0.462. The first-order valence-electron chi connectivity index (χ1n) is 5.75. The molecule has 1 aromatic rings. The van der Waals surface area contributed by atoms with Gasteiger partial charge in [0.05, 0.1) is 5.56 Å². The van der Waals surface area contributed by atoms with E-state index in [0.29, 0.717) is 12.1 Å². The zero-order valence-electron chi connectivity index (χ0n) is 10.2. The maximum absolute atomic E-state index is 13.8. The second-order valence-corrected chi connectivity index (χ2v) is 4.18. The minimum Gasteiger partial charge on any atom is -0.478 e. The number of hydrogen-bond acceptors (Lipinski definition) is 2. The van der Waals surface area contributed by atoms with Gasteiger partial charge in [-0.15, -0.1) is 0 Å². The highest BCUT2D eigenvalue weighted by molar-refractivity contribution is 5.88. The van der Waals surface area contributed by atoms with Crippen LogP contribution in [-0.4, -0.2) is 29.6 Å². The van der Waals surface area contributed by atoms with Gasteiger partial charge in [-0.3, -0.25) is 0 Å². The predicted molar refractivity (Wildman–Crippen MR) is 64.6 cm³/mol. The SMILES string of the molecule is CCCCN(C)Cc1cccc(C(=O)O)c1F. The highest BCUT2D eigenvalue weighted by Crippen LogP contribution is 2.14. The van der Waals surface area contributed by atoms with Crippen LogP contribution in [0.3, 0.4) is 0 Å². The highest BCUT2D eigenvalue weighted by Gasteiger charge is 2.14. The van der Waals surface area contributed by atoms with Gasteiger partial charge in [0.1, 0.15) is 5.82 Å². The Kier molecular flexibility index (Phi) is 5.10. The number of unbranched alkanes of at least 4 members (excludes halogenated alkanes) is 1. The Labute approximate surface area is 101 Å². The van der Waals surface area contributed by atoms with Crippen LogP contribution in [0.25, 0.3) is 0 Å². The molecule has 0 unspecified atom stereocenters. The summed E-state index contributed by atoms with van der Waals surface area (Å²) in [6.07, 6.45) is 2.14. The molecule has 4 heteroatoms. The first kappa shape index (κ1) is 13.6. The van der Waals surface area contributed by atoms with Gasteiger partial charge in [0.25, 0.3) is 0 Å². The van der Waals surface area contributed by atoms with Crippen LogP contribution in [0.5, 0.6) is 0 Å². The standard InChI is InChI=1S/C13H18FNO2/c1-3-4-8-15(2)9-10-6-5-7-11(12(10)14)13(16)17/h5-7H,3-4,8-9H2,1-2H3,(H,16,17). The molecular formula is C13H18FNO2. The summed E-state index contributed by atoms with van der Waals surface area (Å²) in [6, 6.07) is 4.49. The number of benzene rings is 1. The number of halogens is 1. The smallest absolute Gasteiger partial charge is 0.338 e. The summed E-state index contributed by atoms with van der Waals surface area (Å²) >= 11 is 0. The van der Waals surface area contributed by atoms with Gasteiger partial charge in [0.15, 0.2) is 0 Å². The van der Waals surface area contributed by atoms with Crippen molar-refractivity contribution in [3.05, 3.63) is 35.1 Å². The van der Waals surface area contributed by atoms with Crippen LogP contribution >= 0.6 is 0 Å². The van der Waals surface area contributed by atoms with Crippen molar-refractivity contribution in [2.24, 2.45) is 0 Å². The van der Waals surface area contributed by atoms with E-state index in [0.717, 1.165) is 19.4 Å². The molecule has 17 heavy (non-hydrogen) atoms. The number of hydrogen-bond donors (Lipinski definition) is 1. The van der Waals surface area contributed by atoms with E-state index in [9.17, 15) is 9.18 Å². The summed E-state index contributed by atoms with van der Waals surface area (Å²) in [7, 11) is 1.91. The van der Waals surface area contributed by atoms with Crippen molar-refractivity contribution in [1.82, 2.24) is 4.90 Å². The molecule has 0 aliphatic rings. The maximum atomic E-state index is 13.8. The van der Waals surface area contributed by atoms with Gasteiger partial charge in [0.2, 0.25) is 0 Å². The van der Waals surface area contributed by atoms with E-state index >= 15 is 0 Å². The van der Waals surface area contributed by atoms with E-state index in [1.165, 1.54) is 6.07 Å². The fourth-order valence-electron chi connectivity index (χ4n) is 1.66. The van der Waals surface area contributed by atoms with Crippen LogP contribution in [0.1, 0.15) is 35.7 Å². The lowest BCUT2D eigenvalue weighted by Gasteiger charge is -2.17. The molecule has 1 N–H and O–H groups in total. The molecule has 3 nitrogen and oxygen atoms in total. The molecule has 0 atom stereocenters. The summed E-state index contributed by atoms with van der Waals surface area (Å²) in [5, 5.41) is 8.81. The third kappa shape index (κ3) is 3.82. The van der Waals surface area contributed by atoms with Crippen LogP contribution in [-0.2, 0) is 6.54 Å². The van der Waals surface area contributed by atoms with E-state index in [4.69, 9.17) is 5.11 Å². The second kappa shape index (κ2) is 6.35. The van der Waals surface area contributed by atoms with Crippen LogP contribution in [0.4, 0.5) is 4.39 Å². The quantitative estimate of drug-likeness (QED) is 0.829. The van der Waals surface area contributed by atoms with E-state index in [1.807, 2.05) is 11.9 Å². The summed E-state index contributed by atoms with van der Waals surface area (Å²) in [5.74, 6) is -1.84. The Morgan fingerprint density at radius 2 is 2.18 bits per heavy atom. The number of carboxylic acids is 1. The van der Waals surface area contributed by atoms with Gasteiger partial charge >= 0.3 is 5.97 Å². The van der Waals surface area contributed by atoms with Gasteiger partial charge in [-0.05, 0) is 26.1 Å². The van der Waals surface area contributed by atoms with Crippen LogP contribution < -0.4 is 0 Å². The molecule has 0 aliphatic heterocycles. The number of aromatic carboxylic acids is 1. The first-order valence-corrected chi connectivity index (χ1v) is 5.75. The van der Waals surface area contributed by atoms with Gasteiger partial charge in [0, 0.05) is 12.1 Å². The molecule has 0 bridgehead atoms. The van der Waals surface area contributed by atoms with Crippen molar-refractivity contribution >= 4 is 5.97 Å². The fourth-order valence-corrected chi connectivity index (χ4v) is 1.66. The summed E-state index contributed by atoms with van der Waals surface area (Å²) in [6.45, 7) is 3.42. The van der Waals surface area contributed by atoms with Crippen molar-refractivity contribution < 1.29 is 14.3 Å². The third-order valence-electron chi connectivity index (χ3n) is 2.64. The second-order valence-electron chi connectivity index (χ2n) is 4.18. The average Bonchev–Trinajstić information content (AvgIpc) is 2.28. The van der Waals surface area contributed by atoms with Crippen LogP contribution in [0, 0.1) is 5.82 Å². The summed E-state index contributed by atoms with van der Waals surface area (Å²) in [5.41, 5.74) is 0.176. The minimum absolute atomic E-state index is 0.258. The van der Waals surface area contributed by atoms with Crippen molar-refractivity contribution in [2.45, 2.75) is 26.3 Å². The third-order valence-corrected chi connectivity index (χ3v) is 2.64. The summed E-state index contributed by atoms with van der Waals surface area (Å²) in [4.78, 5) is 12.8. The lowest BCUT2D eigenvalue weighted by molar-refractivity contribution is 0.0691. The normalized spacial score (nSPS) is 10.8. The Morgan fingerprint density at radius 3 is 2.76 bits per heavy atom. The van der Waals surface area contributed by atoms with Crippen molar-refractivity contribution in [1.29, 1.82) is 0 Å². The van der Waals surface area contributed by atoms with Crippen molar-refractivity contribution in [3.8, 4) is 0 Å². The summed E-state index contributed by atoms with van der Waals surface area (Å²) < 4.78 is 13.8. The topological polar surface area (TPSA) is 40.5 Å². The van der Waals surface area contributed by atoms with Crippen molar-refractivity contribution in [2.75, 3.05) is 13.6 Å². The number of carbonyl (C=O) groups is 1. The Bertz CT molecular complexity index is 393. The molecule has 0 aromatic heterocycles. The van der Waals surface area contributed by atoms with Gasteiger partial charge in [-0.2, -0.15) is 0 Å². The van der Waals surface area contributed by atoms with E-state index < -0.39 is 11.8 Å². The average molecular weight is 239 g/mol. The molecule has 0 heterocycles. The maximum Gasteiger partial charge on any atom is 0.338 e. The lowest BCUT2D eigenvalue weighted by Crippen LogP contribution is -2.20. The zero-order chi connectivity index (χ0) is 12.8. The molecule has 1 rings (SSSR count). The predicted octanol–water partition coefficient (Wildman–Crippen LogP) is 2.76. The molecule has 0 fully saturated rings. The molecule has 0 spiro atoms. The van der Waals surface area contributed by atoms with Gasteiger partial charge < -0.3 is 10.0 Å². The Balaban J connectivity index is 2.77. The van der Waals surface area contributed by atoms with Crippen molar-refractivity contribution in [3.63, 3.8) is 0 Å². The molecule has 94 valence electrons. The molecule has 0 radical (unpaired) electrons. The number of carboxylic acid groups (broad SMARTS) is 1. The molecule has 1 aromatic carbocycles. The Hall–Kier alpha value is -1.42. The van der Waals surface area contributed by atoms with E-state index in [1.54, 1.807) is 12.1 Å². The molecular weight excluding hydrogens is 221 g/mol. The Morgan fingerprint density at radius 1 is 1.47 bits per heavy atom. The molecule has 0 saturated carbocycles. The minimum atomic E-state index is -1.22. The molecule has 0 aliphatic carbocycles. The molecule has 0 saturated heterocycles. The lowest BCUT2D eigenvalue weighted by atomic mass is 10.1. The van der Waals surface area contributed by atoms with Gasteiger partial charge in [-0.25, -0.2) is 9.18 Å². The number of rotatable bonds is 6. The number of nitrogens with zero attached hydrogens (tertiary/aromatic N) is 1. The van der Waals surface area contributed by atoms with Crippen LogP contribution in [0.2, 0.25) is 0 Å².